The van der Waals surface area contributed by atoms with E-state index in [2.05, 4.69) is 5.32 Å². The first-order chi connectivity index (χ1) is 15.6. The quantitative estimate of drug-likeness (QED) is 0.169. The first-order valence-corrected chi connectivity index (χ1v) is 10.0. The van der Waals surface area contributed by atoms with Crippen LogP contribution in [0.5, 0.6) is 11.5 Å². The number of hydrogen-bond donors (Lipinski definition) is 1. The van der Waals surface area contributed by atoms with Crippen molar-refractivity contribution in [2.45, 2.75) is 19.4 Å². The van der Waals surface area contributed by atoms with Gasteiger partial charge in [0.1, 0.15) is 28.9 Å². The second-order valence-electron chi connectivity index (χ2n) is 6.74. The lowest BCUT2D eigenvalue weighted by Crippen LogP contribution is -2.23. The summed E-state index contributed by atoms with van der Waals surface area (Å²) in [5.41, 5.74) is 0.588. The summed E-state index contributed by atoms with van der Waals surface area (Å²) >= 11 is 0. The van der Waals surface area contributed by atoms with Gasteiger partial charge in [-0.05, 0) is 54.5 Å². The van der Waals surface area contributed by atoms with Gasteiger partial charge in [0.25, 0.3) is 5.91 Å². The second-order valence-corrected chi connectivity index (χ2v) is 6.74. The molecule has 1 heterocycles. The van der Waals surface area contributed by atoms with E-state index in [0.29, 0.717) is 30.1 Å². The highest BCUT2D eigenvalue weighted by Crippen LogP contribution is 2.16. The Morgan fingerprint density at radius 2 is 1.78 bits per heavy atom. The second kappa shape index (κ2) is 11.8. The average Bonchev–Trinajstić information content (AvgIpc) is 3.34. The van der Waals surface area contributed by atoms with Crippen molar-refractivity contribution < 1.29 is 23.5 Å². The zero-order chi connectivity index (χ0) is 22.6. The number of carbonyl (C=O) groups is 2. The minimum atomic E-state index is -0.503. The lowest BCUT2D eigenvalue weighted by Gasteiger charge is -2.07. The Bertz CT molecular complexity index is 1080. The molecule has 0 spiro atoms. The largest absolute Gasteiger partial charge is 0.494 e. The third kappa shape index (κ3) is 7.18. The Labute approximate surface area is 185 Å². The number of esters is 1. The van der Waals surface area contributed by atoms with Gasteiger partial charge in [-0.3, -0.25) is 9.59 Å². The number of nitrogens with one attached hydrogen (secondary N) is 1. The number of para-hydroxylation sites is 1. The Balaban J connectivity index is 1.45. The number of nitriles is 1. The van der Waals surface area contributed by atoms with Crippen molar-refractivity contribution in [2.24, 2.45) is 0 Å². The molecule has 7 heteroatoms. The SMILES string of the molecule is N#C/C(=C\c1ccc(OC(=O)CCCOc2ccccc2)cc1)C(=O)NCc1ccco1. The number of rotatable bonds is 10. The van der Waals surface area contributed by atoms with E-state index in [1.807, 2.05) is 36.4 Å². The van der Waals surface area contributed by atoms with Gasteiger partial charge < -0.3 is 19.2 Å². The minimum absolute atomic E-state index is 0.0419. The van der Waals surface area contributed by atoms with Crippen LogP contribution in [0.25, 0.3) is 6.08 Å². The molecule has 3 aromatic rings. The van der Waals surface area contributed by atoms with Gasteiger partial charge in [-0.25, -0.2) is 0 Å². The van der Waals surface area contributed by atoms with E-state index >= 15 is 0 Å². The Morgan fingerprint density at radius 1 is 1.00 bits per heavy atom. The topological polar surface area (TPSA) is 102 Å². The summed E-state index contributed by atoms with van der Waals surface area (Å²) in [7, 11) is 0. The van der Waals surface area contributed by atoms with E-state index in [9.17, 15) is 14.9 Å². The molecule has 162 valence electrons. The molecule has 1 N–H and O–H groups in total. The number of ether oxygens (including phenoxy) is 2. The van der Waals surface area contributed by atoms with Crippen molar-refractivity contribution >= 4 is 18.0 Å². The van der Waals surface area contributed by atoms with Crippen LogP contribution in [0.2, 0.25) is 0 Å². The highest BCUT2D eigenvalue weighted by Gasteiger charge is 2.10. The highest BCUT2D eigenvalue weighted by atomic mass is 16.5. The van der Waals surface area contributed by atoms with Gasteiger partial charge in [0.15, 0.2) is 0 Å². The van der Waals surface area contributed by atoms with Crippen LogP contribution in [0.1, 0.15) is 24.2 Å². The molecule has 0 unspecified atom stereocenters. The summed E-state index contributed by atoms with van der Waals surface area (Å²) in [5.74, 6) is 0.873. The smallest absolute Gasteiger partial charge is 0.311 e. The van der Waals surface area contributed by atoms with Gasteiger partial charge in [-0.15, -0.1) is 0 Å². The molecule has 1 aromatic heterocycles. The molecule has 32 heavy (non-hydrogen) atoms. The number of nitrogens with zero attached hydrogens (tertiary/aromatic N) is 1. The summed E-state index contributed by atoms with van der Waals surface area (Å²) in [6.07, 6.45) is 3.73. The Hall–Kier alpha value is -4.31. The predicted molar refractivity (Wildman–Crippen MR) is 117 cm³/mol. The van der Waals surface area contributed by atoms with Crippen LogP contribution >= 0.6 is 0 Å². The molecule has 0 aliphatic heterocycles. The van der Waals surface area contributed by atoms with Gasteiger partial charge in [0.2, 0.25) is 0 Å². The third-order valence-corrected chi connectivity index (χ3v) is 4.33. The summed E-state index contributed by atoms with van der Waals surface area (Å²) in [5, 5.41) is 11.9. The summed E-state index contributed by atoms with van der Waals surface area (Å²) in [6.45, 7) is 0.609. The molecule has 2 aromatic carbocycles. The van der Waals surface area contributed by atoms with Gasteiger partial charge >= 0.3 is 5.97 Å². The predicted octanol–water partition coefficient (Wildman–Crippen LogP) is 4.27. The zero-order valence-electron chi connectivity index (χ0n) is 17.3. The number of amides is 1. The molecule has 0 fully saturated rings. The standard InChI is InChI=1S/C25H22N2O5/c26-17-20(25(29)27-18-23-8-4-14-31-23)16-19-10-12-22(13-11-19)32-24(28)9-5-15-30-21-6-2-1-3-7-21/h1-4,6-8,10-14,16H,5,9,15,18H2,(H,27,29)/b20-16+. The van der Waals surface area contributed by atoms with Crippen LogP contribution < -0.4 is 14.8 Å². The molecule has 0 bridgehead atoms. The summed E-state index contributed by atoms with van der Waals surface area (Å²) in [4.78, 5) is 24.2. The fourth-order valence-corrected chi connectivity index (χ4v) is 2.73. The van der Waals surface area contributed by atoms with Crippen LogP contribution in [0.4, 0.5) is 0 Å². The fraction of sp³-hybridized carbons (Fsp3) is 0.160. The first-order valence-electron chi connectivity index (χ1n) is 10.0. The van der Waals surface area contributed by atoms with Gasteiger partial charge in [0.05, 0.1) is 19.4 Å². The number of benzene rings is 2. The van der Waals surface area contributed by atoms with E-state index in [-0.39, 0.29) is 24.5 Å². The van der Waals surface area contributed by atoms with Crippen molar-refractivity contribution in [2.75, 3.05) is 6.61 Å². The number of hydrogen-bond acceptors (Lipinski definition) is 6. The van der Waals surface area contributed by atoms with Crippen molar-refractivity contribution in [3.63, 3.8) is 0 Å². The van der Waals surface area contributed by atoms with Crippen molar-refractivity contribution in [3.8, 4) is 17.6 Å². The van der Waals surface area contributed by atoms with E-state index in [1.165, 1.54) is 12.3 Å². The number of carbonyl (C=O) groups excluding carboxylic acids is 2. The van der Waals surface area contributed by atoms with Crippen LogP contribution in [-0.4, -0.2) is 18.5 Å². The number of furan rings is 1. The van der Waals surface area contributed by atoms with Crippen molar-refractivity contribution in [1.29, 1.82) is 5.26 Å². The lowest BCUT2D eigenvalue weighted by molar-refractivity contribution is -0.134. The normalized spacial score (nSPS) is 10.8. The maximum Gasteiger partial charge on any atom is 0.311 e. The van der Waals surface area contributed by atoms with Gasteiger partial charge in [-0.1, -0.05) is 30.3 Å². The third-order valence-electron chi connectivity index (χ3n) is 4.33. The van der Waals surface area contributed by atoms with Gasteiger partial charge in [0, 0.05) is 6.42 Å². The Morgan fingerprint density at radius 3 is 2.47 bits per heavy atom. The molecule has 0 saturated heterocycles. The molecule has 0 radical (unpaired) electrons. The maximum atomic E-state index is 12.2. The zero-order valence-corrected chi connectivity index (χ0v) is 17.3. The average molecular weight is 430 g/mol. The molecule has 0 aliphatic rings. The van der Waals surface area contributed by atoms with Crippen LogP contribution in [0.3, 0.4) is 0 Å². The van der Waals surface area contributed by atoms with Crippen LogP contribution in [-0.2, 0) is 16.1 Å². The molecule has 0 aliphatic carbocycles. The Kier molecular flexibility index (Phi) is 8.23. The van der Waals surface area contributed by atoms with Crippen molar-refractivity contribution in [3.05, 3.63) is 89.9 Å². The molecule has 7 nitrogen and oxygen atoms in total. The van der Waals surface area contributed by atoms with Crippen molar-refractivity contribution in [1.82, 2.24) is 5.32 Å². The summed E-state index contributed by atoms with van der Waals surface area (Å²) in [6, 6.07) is 21.3. The lowest BCUT2D eigenvalue weighted by atomic mass is 10.1. The maximum absolute atomic E-state index is 12.2. The molecule has 0 saturated carbocycles. The molecule has 0 atom stereocenters. The highest BCUT2D eigenvalue weighted by molar-refractivity contribution is 6.01. The molecular weight excluding hydrogens is 408 g/mol. The molecule has 1 amide bonds. The van der Waals surface area contributed by atoms with Crippen LogP contribution in [0, 0.1) is 11.3 Å². The minimum Gasteiger partial charge on any atom is -0.494 e. The van der Waals surface area contributed by atoms with Crippen LogP contribution in [0.15, 0.2) is 83.0 Å². The van der Waals surface area contributed by atoms with E-state index in [4.69, 9.17) is 13.9 Å². The van der Waals surface area contributed by atoms with E-state index in [1.54, 1.807) is 36.4 Å². The molecular formula is C25H22N2O5. The monoisotopic (exact) mass is 430 g/mol. The van der Waals surface area contributed by atoms with E-state index < -0.39 is 5.91 Å². The van der Waals surface area contributed by atoms with Gasteiger partial charge in [-0.2, -0.15) is 5.26 Å². The fourth-order valence-electron chi connectivity index (χ4n) is 2.73. The first kappa shape index (κ1) is 22.4. The van der Waals surface area contributed by atoms with E-state index in [0.717, 1.165) is 5.75 Å². The molecule has 3 rings (SSSR count). The summed E-state index contributed by atoms with van der Waals surface area (Å²) < 4.78 is 16.0.